The summed E-state index contributed by atoms with van der Waals surface area (Å²) in [4.78, 5) is 27.7. The number of anilines is 2. The third-order valence-electron chi connectivity index (χ3n) is 8.32. The molecule has 0 unspecified atom stereocenters. The van der Waals surface area contributed by atoms with Crippen molar-refractivity contribution in [3.8, 4) is 17.1 Å². The van der Waals surface area contributed by atoms with Gasteiger partial charge >= 0.3 is 6.01 Å². The number of nitrogen functional groups attached to an aromatic ring is 1. The van der Waals surface area contributed by atoms with Crippen LogP contribution in [0.3, 0.4) is 0 Å². The number of carbonyl (C=O) groups excluding carboxylic acids is 1. The molecule has 2 aliphatic rings. The number of ether oxygens (including phenoxy) is 1. The number of benzene rings is 2. The Balaban J connectivity index is 1.49. The number of nitrogens with zero attached hydrogens (tertiary/aromatic N) is 6. The van der Waals surface area contributed by atoms with Gasteiger partial charge in [-0.3, -0.25) is 14.8 Å². The number of hydrogen-bond acceptors (Lipinski definition) is 8. The molecule has 2 saturated heterocycles. The van der Waals surface area contributed by atoms with Crippen LogP contribution in [0.25, 0.3) is 32.9 Å². The number of fused-ring (bicyclic) bond motifs is 2. The summed E-state index contributed by atoms with van der Waals surface area (Å²) >= 11 is 6.89. The monoisotopic (exact) mass is 604 g/mol. The van der Waals surface area contributed by atoms with Gasteiger partial charge in [-0.1, -0.05) is 30.8 Å². The average molecular weight is 605 g/mol. The minimum absolute atomic E-state index is 0.0639. The highest BCUT2D eigenvalue weighted by atomic mass is 35.5. The molecule has 0 bridgehead atoms. The van der Waals surface area contributed by atoms with E-state index >= 15 is 4.39 Å². The van der Waals surface area contributed by atoms with Crippen molar-refractivity contribution in [1.29, 1.82) is 0 Å². The van der Waals surface area contributed by atoms with Gasteiger partial charge in [0, 0.05) is 41.3 Å². The van der Waals surface area contributed by atoms with Gasteiger partial charge < -0.3 is 20.3 Å². The highest BCUT2D eigenvalue weighted by molar-refractivity contribution is 6.35. The third-order valence-corrected chi connectivity index (χ3v) is 8.62. The molecule has 2 fully saturated rings. The Kier molecular flexibility index (Phi) is 7.70. The van der Waals surface area contributed by atoms with Gasteiger partial charge in [-0.15, -0.1) is 0 Å². The lowest BCUT2D eigenvalue weighted by Gasteiger charge is -2.41. The number of aromatic nitrogens is 4. The molecule has 2 aliphatic heterocycles. The molecule has 2 aromatic heterocycles. The normalized spacial score (nSPS) is 17.8. The van der Waals surface area contributed by atoms with Crippen molar-refractivity contribution in [2.24, 2.45) is 0 Å². The van der Waals surface area contributed by atoms with Crippen LogP contribution in [0.1, 0.15) is 25.3 Å². The number of piperazine rings is 1. The van der Waals surface area contributed by atoms with Crippen LogP contribution >= 0.6 is 11.6 Å². The maximum Gasteiger partial charge on any atom is 0.319 e. The molecule has 1 amide bonds. The van der Waals surface area contributed by atoms with Crippen LogP contribution in [0.15, 0.2) is 43.1 Å². The number of likely N-dealkylation sites (tertiary alicyclic amines) is 1. The first kappa shape index (κ1) is 28.9. The van der Waals surface area contributed by atoms with E-state index in [0.717, 1.165) is 25.2 Å². The average Bonchev–Trinajstić information content (AvgIpc) is 3.64. The molecule has 0 radical (unpaired) electrons. The maximum atomic E-state index is 16.8. The molecule has 10 nitrogen and oxygen atoms in total. The fourth-order valence-electron chi connectivity index (χ4n) is 6.08. The number of H-pyrrole nitrogens is 1. The van der Waals surface area contributed by atoms with Crippen LogP contribution in [-0.4, -0.2) is 81.2 Å². The van der Waals surface area contributed by atoms with Crippen molar-refractivity contribution in [1.82, 2.24) is 30.0 Å². The number of aryl methyl sites for hydroxylation is 1. The molecule has 224 valence electrons. The second kappa shape index (κ2) is 11.5. The van der Waals surface area contributed by atoms with Crippen LogP contribution in [-0.2, 0) is 4.79 Å². The number of halogens is 2. The van der Waals surface area contributed by atoms with Crippen LogP contribution in [0.4, 0.5) is 16.0 Å². The molecular formula is C31H34ClFN8O2. The van der Waals surface area contributed by atoms with Gasteiger partial charge in [-0.05, 0) is 63.6 Å². The van der Waals surface area contributed by atoms with E-state index in [4.69, 9.17) is 27.1 Å². The molecule has 0 spiro atoms. The van der Waals surface area contributed by atoms with E-state index in [1.165, 1.54) is 18.9 Å². The lowest BCUT2D eigenvalue weighted by molar-refractivity contribution is -0.124. The molecule has 3 N–H and O–H groups in total. The smallest absolute Gasteiger partial charge is 0.319 e. The second-order valence-electron chi connectivity index (χ2n) is 11.2. The summed E-state index contributed by atoms with van der Waals surface area (Å²) in [7, 11) is 0. The predicted octanol–water partition coefficient (Wildman–Crippen LogP) is 5.07. The van der Waals surface area contributed by atoms with Gasteiger partial charge in [0.1, 0.15) is 17.9 Å². The zero-order valence-corrected chi connectivity index (χ0v) is 25.0. The summed E-state index contributed by atoms with van der Waals surface area (Å²) in [6.07, 6.45) is 3.60. The number of nitrogens with two attached hydrogens (primary N) is 1. The summed E-state index contributed by atoms with van der Waals surface area (Å²) in [5.74, 6) is -0.140. The number of nitrogens with one attached hydrogen (secondary N) is 1. The van der Waals surface area contributed by atoms with E-state index in [9.17, 15) is 4.79 Å². The Labute approximate surface area is 253 Å². The Morgan fingerprint density at radius 1 is 1.28 bits per heavy atom. The number of hydrogen-bond donors (Lipinski definition) is 2. The highest BCUT2D eigenvalue weighted by Crippen LogP contribution is 2.44. The zero-order valence-electron chi connectivity index (χ0n) is 24.3. The van der Waals surface area contributed by atoms with E-state index in [1.807, 2.05) is 30.9 Å². The minimum atomic E-state index is -0.612. The quantitative estimate of drug-likeness (QED) is 0.281. The first-order valence-electron chi connectivity index (χ1n) is 14.3. The SMILES string of the molecule is C=CC(=O)N1C[C@H](C)N(c2nc(OCCN3CCCC3)nc3c(F)c(-c4c(C)ccc5[nH]nc(N)c45)c(Cl)cc23)CC1=C. The van der Waals surface area contributed by atoms with Gasteiger partial charge in [0.15, 0.2) is 11.6 Å². The fraction of sp³-hybridized carbons (Fsp3) is 0.355. The van der Waals surface area contributed by atoms with E-state index in [1.54, 1.807) is 11.0 Å². The minimum Gasteiger partial charge on any atom is -0.462 e. The lowest BCUT2D eigenvalue weighted by Crippen LogP contribution is -2.52. The number of carbonyl (C=O) groups is 1. The molecule has 43 heavy (non-hydrogen) atoms. The first-order valence-corrected chi connectivity index (χ1v) is 14.7. The van der Waals surface area contributed by atoms with Crippen LogP contribution in [0, 0.1) is 12.7 Å². The standard InChI is InChI=1S/C31H34ClFN8O2/c1-5-23(42)40-15-19(4)41(16-18(40)3)30-20-14-21(32)25(24-17(2)8-9-22-26(24)29(34)38-37-22)27(33)28(20)35-31(36-30)43-13-12-39-10-6-7-11-39/h5,8-9,14,19H,1,3,6-7,10-13,15-16H2,2,4H3,(H3,34,37,38)/t19-/m0/s1. The van der Waals surface area contributed by atoms with Gasteiger partial charge in [0.25, 0.3) is 0 Å². The van der Waals surface area contributed by atoms with Gasteiger partial charge in [0.05, 0.1) is 22.5 Å². The molecule has 2 aromatic carbocycles. The lowest BCUT2D eigenvalue weighted by atomic mass is 9.94. The van der Waals surface area contributed by atoms with Crippen molar-refractivity contribution in [3.05, 3.63) is 59.5 Å². The predicted molar refractivity (Wildman–Crippen MR) is 168 cm³/mol. The van der Waals surface area contributed by atoms with E-state index in [0.29, 0.717) is 46.5 Å². The summed E-state index contributed by atoms with van der Waals surface area (Å²) < 4.78 is 22.9. The largest absolute Gasteiger partial charge is 0.462 e. The summed E-state index contributed by atoms with van der Waals surface area (Å²) in [5, 5.41) is 8.21. The topological polar surface area (TPSA) is 116 Å². The Morgan fingerprint density at radius 3 is 2.79 bits per heavy atom. The summed E-state index contributed by atoms with van der Waals surface area (Å²) in [6, 6.07) is 5.28. The van der Waals surface area contributed by atoms with E-state index in [-0.39, 0.29) is 46.4 Å². The number of rotatable bonds is 7. The molecule has 4 heterocycles. The molecule has 1 atom stereocenters. The maximum absolute atomic E-state index is 16.8. The number of amides is 1. The molecule has 0 saturated carbocycles. The summed E-state index contributed by atoms with van der Waals surface area (Å²) in [6.45, 7) is 15.3. The van der Waals surface area contributed by atoms with Crippen molar-refractivity contribution >= 4 is 50.9 Å². The fourth-order valence-corrected chi connectivity index (χ4v) is 6.37. The first-order chi connectivity index (χ1) is 20.7. The Bertz CT molecular complexity index is 1770. The van der Waals surface area contributed by atoms with Crippen molar-refractivity contribution in [2.45, 2.75) is 32.7 Å². The molecule has 12 heteroatoms. The Hall–Kier alpha value is -4.22. The van der Waals surface area contributed by atoms with Gasteiger partial charge in [-0.25, -0.2) is 4.39 Å². The molecular weight excluding hydrogens is 571 g/mol. The van der Waals surface area contributed by atoms with Gasteiger partial charge in [0.2, 0.25) is 5.91 Å². The molecule has 6 rings (SSSR count). The Morgan fingerprint density at radius 2 is 2.05 bits per heavy atom. The summed E-state index contributed by atoms with van der Waals surface area (Å²) in [5.41, 5.74) is 9.03. The van der Waals surface area contributed by atoms with Crippen molar-refractivity contribution in [2.75, 3.05) is 50.0 Å². The van der Waals surface area contributed by atoms with Crippen molar-refractivity contribution in [3.63, 3.8) is 0 Å². The third kappa shape index (κ3) is 5.16. The van der Waals surface area contributed by atoms with E-state index < -0.39 is 5.82 Å². The number of aromatic amines is 1. The zero-order chi connectivity index (χ0) is 30.4. The highest BCUT2D eigenvalue weighted by Gasteiger charge is 2.32. The van der Waals surface area contributed by atoms with Crippen LogP contribution in [0.5, 0.6) is 6.01 Å². The van der Waals surface area contributed by atoms with Crippen LogP contribution in [0.2, 0.25) is 5.02 Å². The molecule has 4 aromatic rings. The van der Waals surface area contributed by atoms with E-state index in [2.05, 4.69) is 33.2 Å². The van der Waals surface area contributed by atoms with Gasteiger partial charge in [-0.2, -0.15) is 15.1 Å². The van der Waals surface area contributed by atoms with Crippen LogP contribution < -0.4 is 15.4 Å². The van der Waals surface area contributed by atoms with Crippen molar-refractivity contribution < 1.29 is 13.9 Å². The second-order valence-corrected chi connectivity index (χ2v) is 11.6. The molecule has 0 aliphatic carbocycles.